The zero-order valence-corrected chi connectivity index (χ0v) is 14.3. The number of hydrogen-bond acceptors (Lipinski definition) is 4. The number of hydrogen-bond donors (Lipinski definition) is 2. The number of carbonyl (C=O) groups excluding carboxylic acids is 1. The van der Waals surface area contributed by atoms with Crippen molar-refractivity contribution < 1.29 is 24.2 Å². The molecule has 0 aromatic heterocycles. The zero-order valence-electron chi connectivity index (χ0n) is 14.3. The minimum Gasteiger partial charge on any atom is -0.481 e. The number of urea groups is 1. The van der Waals surface area contributed by atoms with Crippen LogP contribution in [0.3, 0.4) is 0 Å². The predicted molar refractivity (Wildman–Crippen MR) is 86.5 cm³/mol. The monoisotopic (exact) mass is 340 g/mol. The molecule has 136 valence electrons. The van der Waals surface area contributed by atoms with E-state index in [1.54, 1.807) is 4.90 Å². The summed E-state index contributed by atoms with van der Waals surface area (Å²) in [5.41, 5.74) is 0. The smallest absolute Gasteiger partial charge is 0.317 e. The third-order valence-corrected chi connectivity index (χ3v) is 5.31. The summed E-state index contributed by atoms with van der Waals surface area (Å²) in [6.07, 6.45) is 5.85. The topological polar surface area (TPSA) is 88.1 Å². The van der Waals surface area contributed by atoms with Crippen LogP contribution in [0.2, 0.25) is 0 Å². The number of carboxylic acids is 1. The molecule has 3 unspecified atom stereocenters. The average molecular weight is 340 g/mol. The molecule has 0 bridgehead atoms. The number of amides is 2. The lowest BCUT2D eigenvalue weighted by molar-refractivity contribution is -0.186. The van der Waals surface area contributed by atoms with Crippen molar-refractivity contribution in [2.75, 3.05) is 26.2 Å². The highest BCUT2D eigenvalue weighted by Crippen LogP contribution is 2.37. The fourth-order valence-electron chi connectivity index (χ4n) is 4.08. The van der Waals surface area contributed by atoms with Gasteiger partial charge < -0.3 is 24.8 Å². The quantitative estimate of drug-likeness (QED) is 0.818. The Labute approximate surface area is 142 Å². The molecule has 2 N–H and O–H groups in total. The number of piperidine rings is 1. The lowest BCUT2D eigenvalue weighted by Crippen LogP contribution is -2.50. The molecular weight excluding hydrogens is 312 g/mol. The van der Waals surface area contributed by atoms with Crippen LogP contribution in [0.5, 0.6) is 0 Å². The van der Waals surface area contributed by atoms with Gasteiger partial charge in [0.25, 0.3) is 0 Å². The molecule has 7 heteroatoms. The fourth-order valence-corrected chi connectivity index (χ4v) is 4.08. The molecule has 3 rings (SSSR count). The van der Waals surface area contributed by atoms with E-state index in [-0.39, 0.29) is 24.6 Å². The highest BCUT2D eigenvalue weighted by Gasteiger charge is 2.42. The summed E-state index contributed by atoms with van der Waals surface area (Å²) in [5, 5.41) is 12.1. The fraction of sp³-hybridized carbons (Fsp3) is 0.882. The van der Waals surface area contributed by atoms with Gasteiger partial charge in [0.2, 0.25) is 0 Å². The van der Waals surface area contributed by atoms with Crippen molar-refractivity contribution in [3.05, 3.63) is 0 Å². The molecule has 2 aliphatic heterocycles. The van der Waals surface area contributed by atoms with Gasteiger partial charge in [-0.15, -0.1) is 0 Å². The van der Waals surface area contributed by atoms with E-state index in [4.69, 9.17) is 9.47 Å². The first-order chi connectivity index (χ1) is 11.5. The number of aliphatic carboxylic acids is 1. The van der Waals surface area contributed by atoms with Gasteiger partial charge in [-0.25, -0.2) is 4.79 Å². The number of rotatable bonds is 3. The Morgan fingerprint density at radius 2 is 2.00 bits per heavy atom. The van der Waals surface area contributed by atoms with E-state index in [1.807, 2.05) is 6.92 Å². The Hall–Kier alpha value is -1.34. The Bertz CT molecular complexity index is 478. The highest BCUT2D eigenvalue weighted by atomic mass is 16.7. The van der Waals surface area contributed by atoms with Gasteiger partial charge in [-0.1, -0.05) is 13.3 Å². The molecule has 1 spiro atoms. The maximum Gasteiger partial charge on any atom is 0.317 e. The van der Waals surface area contributed by atoms with E-state index in [9.17, 15) is 14.7 Å². The largest absolute Gasteiger partial charge is 0.481 e. The van der Waals surface area contributed by atoms with Crippen LogP contribution < -0.4 is 5.32 Å². The van der Waals surface area contributed by atoms with E-state index < -0.39 is 17.7 Å². The minimum atomic E-state index is -0.828. The number of carbonyl (C=O) groups is 2. The Morgan fingerprint density at radius 1 is 1.25 bits per heavy atom. The van der Waals surface area contributed by atoms with Gasteiger partial charge in [-0.05, 0) is 25.2 Å². The van der Waals surface area contributed by atoms with E-state index in [2.05, 4.69) is 5.32 Å². The first-order valence-electron chi connectivity index (χ1n) is 9.05. The van der Waals surface area contributed by atoms with E-state index in [0.717, 1.165) is 25.7 Å². The van der Waals surface area contributed by atoms with Crippen LogP contribution in [0.4, 0.5) is 4.79 Å². The van der Waals surface area contributed by atoms with Crippen LogP contribution in [0.1, 0.15) is 45.4 Å². The van der Waals surface area contributed by atoms with Crippen molar-refractivity contribution in [1.82, 2.24) is 10.2 Å². The summed E-state index contributed by atoms with van der Waals surface area (Å²) in [7, 11) is 0. The maximum absolute atomic E-state index is 12.4. The summed E-state index contributed by atoms with van der Waals surface area (Å²) in [6, 6.07) is -0.207. The molecular formula is C17H28N2O5. The molecule has 3 aliphatic rings. The third kappa shape index (κ3) is 4.00. The number of carboxylic acid groups (broad SMARTS) is 1. The molecule has 1 aliphatic carbocycles. The van der Waals surface area contributed by atoms with Gasteiger partial charge in [0.1, 0.15) is 6.10 Å². The van der Waals surface area contributed by atoms with Crippen molar-refractivity contribution in [3.63, 3.8) is 0 Å². The second-order valence-corrected chi connectivity index (χ2v) is 7.49. The van der Waals surface area contributed by atoms with Crippen LogP contribution in [-0.2, 0) is 14.3 Å². The van der Waals surface area contributed by atoms with Gasteiger partial charge in [0, 0.05) is 32.5 Å². The van der Waals surface area contributed by atoms with Gasteiger partial charge in [0.05, 0.1) is 12.5 Å². The van der Waals surface area contributed by atoms with Crippen LogP contribution in [0, 0.1) is 11.8 Å². The maximum atomic E-state index is 12.4. The Morgan fingerprint density at radius 3 is 2.71 bits per heavy atom. The lowest BCUT2D eigenvalue weighted by atomic mass is 9.91. The molecule has 7 nitrogen and oxygen atoms in total. The number of nitrogens with one attached hydrogen (secondary N) is 1. The summed E-state index contributed by atoms with van der Waals surface area (Å²) in [5.74, 6) is -1.54. The summed E-state index contributed by atoms with van der Waals surface area (Å²) in [6.45, 7) is 3.77. The molecule has 0 aromatic rings. The molecule has 0 radical (unpaired) electrons. The molecule has 1 saturated carbocycles. The lowest BCUT2D eigenvalue weighted by Gasteiger charge is -2.35. The van der Waals surface area contributed by atoms with Gasteiger partial charge in [0.15, 0.2) is 5.79 Å². The molecule has 2 amide bonds. The van der Waals surface area contributed by atoms with E-state index in [0.29, 0.717) is 26.1 Å². The van der Waals surface area contributed by atoms with Crippen LogP contribution in [0.15, 0.2) is 0 Å². The van der Waals surface area contributed by atoms with E-state index in [1.165, 1.54) is 6.42 Å². The van der Waals surface area contributed by atoms with E-state index >= 15 is 0 Å². The van der Waals surface area contributed by atoms with Crippen LogP contribution in [-0.4, -0.2) is 60.1 Å². The molecule has 3 fully saturated rings. The summed E-state index contributed by atoms with van der Waals surface area (Å²) < 4.78 is 11.9. The van der Waals surface area contributed by atoms with Crippen molar-refractivity contribution in [3.8, 4) is 0 Å². The molecule has 0 aromatic carbocycles. The van der Waals surface area contributed by atoms with Crippen molar-refractivity contribution in [2.45, 2.75) is 57.3 Å². The van der Waals surface area contributed by atoms with Gasteiger partial charge in [-0.2, -0.15) is 0 Å². The van der Waals surface area contributed by atoms with Gasteiger partial charge >= 0.3 is 12.0 Å². The second kappa shape index (κ2) is 7.27. The van der Waals surface area contributed by atoms with Crippen LogP contribution >= 0.6 is 0 Å². The number of nitrogens with zero attached hydrogens (tertiary/aromatic N) is 1. The summed E-state index contributed by atoms with van der Waals surface area (Å²) in [4.78, 5) is 25.2. The standard InChI is InChI=1S/C17H28N2O5/c1-12-7-13(15(20)21)10-19(9-12)16(22)18-8-14-11-23-17(24-14)5-3-2-4-6-17/h12-14H,2-11H2,1H3,(H,18,22)(H,20,21). The molecule has 2 saturated heterocycles. The molecule has 3 atom stereocenters. The molecule has 24 heavy (non-hydrogen) atoms. The van der Waals surface area contributed by atoms with Crippen molar-refractivity contribution >= 4 is 12.0 Å². The normalized spacial score (nSPS) is 32.7. The summed E-state index contributed by atoms with van der Waals surface area (Å²) >= 11 is 0. The average Bonchev–Trinajstić information content (AvgIpc) is 2.95. The minimum absolute atomic E-state index is 0.121. The highest BCUT2D eigenvalue weighted by molar-refractivity contribution is 5.76. The molecule has 2 heterocycles. The van der Waals surface area contributed by atoms with Crippen molar-refractivity contribution in [1.29, 1.82) is 0 Å². The number of ether oxygens (including phenoxy) is 2. The SMILES string of the molecule is CC1CC(C(=O)O)CN(C(=O)NCC2COC3(CCCCC3)O2)C1. The first kappa shape index (κ1) is 17.5. The van der Waals surface area contributed by atoms with Crippen molar-refractivity contribution in [2.24, 2.45) is 11.8 Å². The number of likely N-dealkylation sites (tertiary alicyclic amines) is 1. The third-order valence-electron chi connectivity index (χ3n) is 5.31. The Kier molecular flexibility index (Phi) is 5.30. The van der Waals surface area contributed by atoms with Crippen LogP contribution in [0.25, 0.3) is 0 Å². The second-order valence-electron chi connectivity index (χ2n) is 7.49. The predicted octanol–water partition coefficient (Wildman–Crippen LogP) is 1.81. The first-order valence-corrected chi connectivity index (χ1v) is 9.05. The zero-order chi connectivity index (χ0) is 17.2. The Balaban J connectivity index is 1.46. The van der Waals surface area contributed by atoms with Gasteiger partial charge in [-0.3, -0.25) is 4.79 Å².